The summed E-state index contributed by atoms with van der Waals surface area (Å²) in [7, 11) is 0. The lowest BCUT2D eigenvalue weighted by molar-refractivity contribution is -0.722. The van der Waals surface area contributed by atoms with Crippen LogP contribution in [0, 0.1) is 0 Å². The number of hydrogen-bond acceptors (Lipinski definition) is 2. The van der Waals surface area contributed by atoms with Crippen molar-refractivity contribution in [2.24, 2.45) is 0 Å². The number of aliphatic hydroxyl groups is 1. The summed E-state index contributed by atoms with van der Waals surface area (Å²) in [5.41, 5.74) is 1.43. The van der Waals surface area contributed by atoms with Gasteiger partial charge in [0.2, 0.25) is 0 Å². The number of hydrogen-bond donors (Lipinski definition) is 2. The number of nitrogens with two attached hydrogens (primary N) is 1. The average molecular weight is 341 g/mol. The maximum atomic E-state index is 10.0. The number of rotatable bonds is 6. The highest BCUT2D eigenvalue weighted by atomic mass is 35.5. The van der Waals surface area contributed by atoms with Gasteiger partial charge in [0.1, 0.15) is 25.0 Å². The van der Waals surface area contributed by atoms with E-state index in [4.69, 9.17) is 16.3 Å². The minimum Gasteiger partial charge on any atom is -0.489 e. The molecule has 0 radical (unpaired) electrons. The van der Waals surface area contributed by atoms with Crippen molar-refractivity contribution in [1.82, 2.24) is 0 Å². The molecule has 1 fully saturated rings. The van der Waals surface area contributed by atoms with Gasteiger partial charge in [-0.15, -0.1) is 0 Å². The first-order chi connectivity index (χ1) is 10.8. The molecular formula is C19H31ClNO2+. The number of aliphatic hydroxyl groups excluding tert-OH is 1. The smallest absolute Gasteiger partial charge is 0.138 e. The highest BCUT2D eigenvalue weighted by Crippen LogP contribution is 2.36. The molecule has 130 valence electrons. The van der Waals surface area contributed by atoms with Gasteiger partial charge in [0.05, 0.1) is 10.6 Å². The van der Waals surface area contributed by atoms with Crippen LogP contribution in [0.15, 0.2) is 18.2 Å². The van der Waals surface area contributed by atoms with Crippen molar-refractivity contribution in [3.8, 4) is 5.75 Å². The molecule has 0 spiro atoms. The van der Waals surface area contributed by atoms with Crippen LogP contribution in [0.25, 0.3) is 0 Å². The second-order valence-corrected chi connectivity index (χ2v) is 8.20. The SMILES string of the molecule is CC(C)(C)[NH2+]CC(O)COc1ccc(C2CCCCC2)cc1Cl. The van der Waals surface area contributed by atoms with E-state index in [0.717, 1.165) is 0 Å². The van der Waals surface area contributed by atoms with Crippen molar-refractivity contribution in [1.29, 1.82) is 0 Å². The van der Waals surface area contributed by atoms with Gasteiger partial charge in [0.15, 0.2) is 0 Å². The van der Waals surface area contributed by atoms with E-state index >= 15 is 0 Å². The second-order valence-electron chi connectivity index (χ2n) is 7.80. The van der Waals surface area contributed by atoms with Gasteiger partial charge in [-0.25, -0.2) is 0 Å². The first-order valence-electron chi connectivity index (χ1n) is 8.80. The third-order valence-electron chi connectivity index (χ3n) is 4.47. The second kappa shape index (κ2) is 8.36. The van der Waals surface area contributed by atoms with Crippen molar-refractivity contribution < 1.29 is 15.2 Å². The monoisotopic (exact) mass is 340 g/mol. The Bertz CT molecular complexity index is 493. The molecule has 23 heavy (non-hydrogen) atoms. The molecule has 0 amide bonds. The van der Waals surface area contributed by atoms with Gasteiger partial charge < -0.3 is 15.2 Å². The third-order valence-corrected chi connectivity index (χ3v) is 4.76. The lowest BCUT2D eigenvalue weighted by Crippen LogP contribution is -2.96. The van der Waals surface area contributed by atoms with Crippen molar-refractivity contribution >= 4 is 11.6 Å². The molecule has 1 aliphatic carbocycles. The minimum absolute atomic E-state index is 0.111. The average Bonchev–Trinajstić information content (AvgIpc) is 2.52. The van der Waals surface area contributed by atoms with Crippen LogP contribution in [0.4, 0.5) is 0 Å². The van der Waals surface area contributed by atoms with Crippen molar-refractivity contribution in [2.75, 3.05) is 13.2 Å². The van der Waals surface area contributed by atoms with Gasteiger partial charge in [-0.05, 0) is 57.2 Å². The fraction of sp³-hybridized carbons (Fsp3) is 0.684. The van der Waals surface area contributed by atoms with Crippen LogP contribution in [0.2, 0.25) is 5.02 Å². The lowest BCUT2D eigenvalue weighted by Gasteiger charge is -2.23. The molecule has 0 bridgehead atoms. The zero-order valence-corrected chi connectivity index (χ0v) is 15.4. The molecule has 1 aromatic carbocycles. The fourth-order valence-electron chi connectivity index (χ4n) is 3.07. The van der Waals surface area contributed by atoms with Gasteiger partial charge in [0, 0.05) is 0 Å². The van der Waals surface area contributed by atoms with Gasteiger partial charge in [-0.1, -0.05) is 36.9 Å². The highest BCUT2D eigenvalue weighted by molar-refractivity contribution is 6.32. The van der Waals surface area contributed by atoms with Crippen molar-refractivity contribution in [2.45, 2.75) is 70.4 Å². The molecule has 3 nitrogen and oxygen atoms in total. The Morgan fingerprint density at radius 2 is 1.96 bits per heavy atom. The van der Waals surface area contributed by atoms with E-state index in [2.05, 4.69) is 32.2 Å². The van der Waals surface area contributed by atoms with Crippen LogP contribution < -0.4 is 10.1 Å². The molecule has 1 unspecified atom stereocenters. The predicted molar refractivity (Wildman–Crippen MR) is 95.3 cm³/mol. The van der Waals surface area contributed by atoms with Gasteiger partial charge in [0.25, 0.3) is 0 Å². The largest absolute Gasteiger partial charge is 0.489 e. The summed E-state index contributed by atoms with van der Waals surface area (Å²) in [5.74, 6) is 1.31. The van der Waals surface area contributed by atoms with Gasteiger partial charge in [-0.3, -0.25) is 0 Å². The zero-order valence-electron chi connectivity index (χ0n) is 14.6. The summed E-state index contributed by atoms with van der Waals surface area (Å²) < 4.78 is 5.70. The zero-order chi connectivity index (χ0) is 16.9. The molecule has 1 aromatic rings. The Labute approximate surface area is 145 Å². The quantitative estimate of drug-likeness (QED) is 0.832. The summed E-state index contributed by atoms with van der Waals surface area (Å²) >= 11 is 6.37. The van der Waals surface area contributed by atoms with E-state index in [1.165, 1.54) is 37.7 Å². The van der Waals surface area contributed by atoms with Gasteiger partial charge >= 0.3 is 0 Å². The Hall–Kier alpha value is -0.770. The number of halogens is 1. The predicted octanol–water partition coefficient (Wildman–Crippen LogP) is 3.49. The molecule has 1 saturated carbocycles. The molecule has 2 rings (SSSR count). The summed E-state index contributed by atoms with van der Waals surface area (Å²) in [6.45, 7) is 7.28. The Balaban J connectivity index is 1.85. The van der Waals surface area contributed by atoms with Crippen LogP contribution in [0.5, 0.6) is 5.75 Å². The van der Waals surface area contributed by atoms with Crippen LogP contribution in [0.3, 0.4) is 0 Å². The number of ether oxygens (including phenoxy) is 1. The maximum Gasteiger partial charge on any atom is 0.138 e. The summed E-state index contributed by atoms with van der Waals surface area (Å²) in [6.07, 6.45) is 6.02. The fourth-order valence-corrected chi connectivity index (χ4v) is 3.31. The molecule has 0 heterocycles. The summed E-state index contributed by atoms with van der Waals surface area (Å²) in [5, 5.41) is 12.8. The Morgan fingerprint density at radius 3 is 2.57 bits per heavy atom. The van der Waals surface area contributed by atoms with E-state index in [9.17, 15) is 5.11 Å². The third kappa shape index (κ3) is 6.33. The van der Waals surface area contributed by atoms with E-state index in [0.29, 0.717) is 23.2 Å². The topological polar surface area (TPSA) is 46.1 Å². The van der Waals surface area contributed by atoms with Crippen LogP contribution in [-0.4, -0.2) is 29.9 Å². The molecule has 0 aromatic heterocycles. The normalized spacial score (nSPS) is 18.0. The standard InChI is InChI=1S/C19H30ClNO2/c1-19(2,3)21-12-16(22)13-23-18-10-9-15(11-17(18)20)14-7-5-4-6-8-14/h9-11,14,16,21-22H,4-8,12-13H2,1-3H3/p+1. The van der Waals surface area contributed by atoms with Crippen LogP contribution in [0.1, 0.15) is 64.4 Å². The van der Waals surface area contributed by atoms with E-state index in [-0.39, 0.29) is 12.1 Å². The van der Waals surface area contributed by atoms with Crippen molar-refractivity contribution in [3.05, 3.63) is 28.8 Å². The first-order valence-corrected chi connectivity index (χ1v) is 9.17. The molecular weight excluding hydrogens is 310 g/mol. The van der Waals surface area contributed by atoms with Crippen molar-refractivity contribution in [3.63, 3.8) is 0 Å². The van der Waals surface area contributed by atoms with E-state index in [1.54, 1.807) is 0 Å². The number of quaternary nitrogens is 1. The molecule has 1 aliphatic rings. The summed E-state index contributed by atoms with van der Waals surface area (Å²) in [4.78, 5) is 0. The van der Waals surface area contributed by atoms with Gasteiger partial charge in [-0.2, -0.15) is 0 Å². The Kier molecular flexibility index (Phi) is 6.75. The van der Waals surface area contributed by atoms with Crippen LogP contribution in [-0.2, 0) is 0 Å². The number of benzene rings is 1. The molecule has 4 heteroatoms. The molecule has 3 N–H and O–H groups in total. The minimum atomic E-state index is -0.497. The van der Waals surface area contributed by atoms with Crippen LogP contribution >= 0.6 is 11.6 Å². The summed E-state index contributed by atoms with van der Waals surface area (Å²) in [6, 6.07) is 6.12. The van der Waals surface area contributed by atoms with E-state index < -0.39 is 6.10 Å². The first kappa shape index (κ1) is 18.6. The molecule has 1 atom stereocenters. The molecule has 0 aliphatic heterocycles. The Morgan fingerprint density at radius 1 is 1.26 bits per heavy atom. The molecule has 0 saturated heterocycles. The maximum absolute atomic E-state index is 10.0. The van der Waals surface area contributed by atoms with E-state index in [1.807, 2.05) is 12.1 Å². The highest BCUT2D eigenvalue weighted by Gasteiger charge is 2.18. The lowest BCUT2D eigenvalue weighted by atomic mass is 9.84.